The van der Waals surface area contributed by atoms with Gasteiger partial charge in [0.2, 0.25) is 0 Å². The monoisotopic (exact) mass is 490 g/mol. The molecule has 3 heterocycles. The quantitative estimate of drug-likeness (QED) is 0.300. The highest BCUT2D eigenvalue weighted by molar-refractivity contribution is 6.42. The second-order valence-corrected chi connectivity index (χ2v) is 8.71. The Balaban J connectivity index is 1.56. The van der Waals surface area contributed by atoms with Crippen LogP contribution in [-0.2, 0) is 6.61 Å². The molecule has 0 bridgehead atoms. The molecule has 0 saturated carbocycles. The van der Waals surface area contributed by atoms with Crippen LogP contribution in [0.2, 0.25) is 10.0 Å². The number of nitrogens with zero attached hydrogens (tertiary/aromatic N) is 4. The number of aryl methyl sites for hydroxylation is 2. The molecule has 0 fully saturated rings. The molecule has 0 N–H and O–H groups in total. The van der Waals surface area contributed by atoms with E-state index in [9.17, 15) is 4.79 Å². The Morgan fingerprint density at radius 1 is 0.941 bits per heavy atom. The summed E-state index contributed by atoms with van der Waals surface area (Å²) in [6.07, 6.45) is 1.69. The molecule has 8 heteroatoms. The summed E-state index contributed by atoms with van der Waals surface area (Å²) in [5.41, 5.74) is 4.40. The third-order valence-corrected chi connectivity index (χ3v) is 6.27. The fraction of sp³-hybridized carbons (Fsp3) is 0.115. The van der Waals surface area contributed by atoms with Crippen LogP contribution in [0.25, 0.3) is 22.6 Å². The van der Waals surface area contributed by atoms with Crippen LogP contribution in [0.5, 0.6) is 5.75 Å². The molecule has 170 valence electrons. The summed E-state index contributed by atoms with van der Waals surface area (Å²) in [5.74, 6) is 0.538. The van der Waals surface area contributed by atoms with Crippen LogP contribution >= 0.6 is 23.2 Å². The van der Waals surface area contributed by atoms with Gasteiger partial charge in [-0.3, -0.25) is 9.20 Å². The van der Waals surface area contributed by atoms with Crippen LogP contribution in [0.15, 0.2) is 77.7 Å². The van der Waals surface area contributed by atoms with Crippen molar-refractivity contribution in [1.82, 2.24) is 19.2 Å². The van der Waals surface area contributed by atoms with E-state index >= 15 is 0 Å². The molecule has 0 aliphatic rings. The first kappa shape index (κ1) is 22.2. The van der Waals surface area contributed by atoms with Gasteiger partial charge in [-0.1, -0.05) is 53.5 Å². The smallest absolute Gasteiger partial charge is 0.267 e. The molecule has 0 radical (unpaired) electrons. The number of hydrogen-bond acceptors (Lipinski definition) is 4. The van der Waals surface area contributed by atoms with Gasteiger partial charge in [-0.25, -0.2) is 9.67 Å². The van der Waals surface area contributed by atoms with E-state index in [0.717, 1.165) is 16.9 Å². The molecule has 2 aromatic carbocycles. The molecule has 3 aromatic heterocycles. The molecule has 0 saturated heterocycles. The summed E-state index contributed by atoms with van der Waals surface area (Å²) in [4.78, 5) is 18.2. The van der Waals surface area contributed by atoms with Crippen LogP contribution in [0, 0.1) is 13.8 Å². The second-order valence-electron chi connectivity index (χ2n) is 7.90. The van der Waals surface area contributed by atoms with E-state index in [1.54, 1.807) is 36.0 Å². The molecule has 0 amide bonds. The minimum absolute atomic E-state index is 0.216. The Bertz CT molecular complexity index is 1580. The topological polar surface area (TPSA) is 61.4 Å². The SMILES string of the molecule is Cc1nc2c(OCc3ccccc3)cccn2c(=O)c1-c1cc(C)n(-c2ccc(Cl)c(Cl)c2)n1. The van der Waals surface area contributed by atoms with Crippen molar-refractivity contribution in [1.29, 1.82) is 0 Å². The molecule has 0 atom stereocenters. The normalized spacial score (nSPS) is 11.2. The summed E-state index contributed by atoms with van der Waals surface area (Å²) in [6, 6.07) is 20.6. The lowest BCUT2D eigenvalue weighted by atomic mass is 10.1. The van der Waals surface area contributed by atoms with E-state index in [0.29, 0.717) is 45.0 Å². The lowest BCUT2D eigenvalue weighted by Crippen LogP contribution is -2.19. The fourth-order valence-electron chi connectivity index (χ4n) is 3.86. The number of hydrogen-bond donors (Lipinski definition) is 0. The maximum atomic E-state index is 13.5. The highest BCUT2D eigenvalue weighted by Gasteiger charge is 2.18. The number of fused-ring (bicyclic) bond motifs is 1. The average molecular weight is 491 g/mol. The average Bonchev–Trinajstić information content (AvgIpc) is 3.21. The summed E-state index contributed by atoms with van der Waals surface area (Å²) >= 11 is 12.2. The van der Waals surface area contributed by atoms with Gasteiger partial charge >= 0.3 is 0 Å². The van der Waals surface area contributed by atoms with Gasteiger partial charge in [-0.05, 0) is 55.8 Å². The van der Waals surface area contributed by atoms with Crippen molar-refractivity contribution in [3.63, 3.8) is 0 Å². The van der Waals surface area contributed by atoms with E-state index in [-0.39, 0.29) is 5.56 Å². The van der Waals surface area contributed by atoms with Gasteiger partial charge in [0, 0.05) is 11.9 Å². The van der Waals surface area contributed by atoms with Gasteiger partial charge < -0.3 is 4.74 Å². The van der Waals surface area contributed by atoms with Crippen LogP contribution in [-0.4, -0.2) is 19.2 Å². The molecule has 5 rings (SSSR count). The Kier molecular flexibility index (Phi) is 5.86. The molecule has 6 nitrogen and oxygen atoms in total. The molecule has 0 unspecified atom stereocenters. The highest BCUT2D eigenvalue weighted by atomic mass is 35.5. The first-order chi connectivity index (χ1) is 16.4. The number of benzene rings is 2. The Morgan fingerprint density at radius 3 is 2.50 bits per heavy atom. The van der Waals surface area contributed by atoms with Crippen LogP contribution in [0.3, 0.4) is 0 Å². The molecular weight excluding hydrogens is 471 g/mol. The molecular formula is C26H20Cl2N4O2. The predicted molar refractivity (Wildman–Crippen MR) is 134 cm³/mol. The van der Waals surface area contributed by atoms with Gasteiger partial charge in [0.05, 0.1) is 27.0 Å². The summed E-state index contributed by atoms with van der Waals surface area (Å²) in [7, 11) is 0. The highest BCUT2D eigenvalue weighted by Crippen LogP contribution is 2.27. The summed E-state index contributed by atoms with van der Waals surface area (Å²) in [6.45, 7) is 4.10. The van der Waals surface area contributed by atoms with Crippen LogP contribution in [0.1, 0.15) is 17.0 Å². The third kappa shape index (κ3) is 4.06. The number of rotatable bonds is 5. The van der Waals surface area contributed by atoms with Gasteiger partial charge in [0.25, 0.3) is 5.56 Å². The standard InChI is InChI=1S/C26H20Cl2N4O2/c1-16-13-22(30-32(16)19-10-11-20(27)21(28)14-19)24-17(2)29-25-23(9-6-12-31(25)26(24)33)34-15-18-7-4-3-5-8-18/h3-14H,15H2,1-2H3. The van der Waals surface area contributed by atoms with Crippen molar-refractivity contribution in [2.24, 2.45) is 0 Å². The molecule has 5 aromatic rings. The van der Waals surface area contributed by atoms with Crippen molar-refractivity contribution >= 4 is 28.8 Å². The maximum absolute atomic E-state index is 13.5. The number of pyridine rings is 1. The van der Waals surface area contributed by atoms with E-state index in [2.05, 4.69) is 5.10 Å². The number of halogens is 2. The fourth-order valence-corrected chi connectivity index (χ4v) is 4.15. The van der Waals surface area contributed by atoms with Crippen LogP contribution in [0.4, 0.5) is 0 Å². The van der Waals surface area contributed by atoms with Crippen molar-refractivity contribution in [3.05, 3.63) is 110 Å². The van der Waals surface area contributed by atoms with Crippen molar-refractivity contribution in [2.75, 3.05) is 0 Å². The lowest BCUT2D eigenvalue weighted by Gasteiger charge is -2.11. The number of ether oxygens (including phenoxy) is 1. The van der Waals surface area contributed by atoms with E-state index in [4.69, 9.17) is 32.9 Å². The summed E-state index contributed by atoms with van der Waals surface area (Å²) in [5, 5.41) is 5.58. The van der Waals surface area contributed by atoms with E-state index in [1.807, 2.05) is 55.5 Å². The Labute approximate surface area is 206 Å². The van der Waals surface area contributed by atoms with Crippen molar-refractivity contribution in [2.45, 2.75) is 20.5 Å². The van der Waals surface area contributed by atoms with Gasteiger partial charge in [0.15, 0.2) is 11.4 Å². The van der Waals surface area contributed by atoms with Crippen LogP contribution < -0.4 is 10.3 Å². The van der Waals surface area contributed by atoms with E-state index in [1.165, 1.54) is 4.40 Å². The van der Waals surface area contributed by atoms with Crippen molar-refractivity contribution in [3.8, 4) is 22.7 Å². The largest absolute Gasteiger partial charge is 0.485 e. The third-order valence-electron chi connectivity index (χ3n) is 5.53. The van der Waals surface area contributed by atoms with Gasteiger partial charge in [0.1, 0.15) is 12.3 Å². The van der Waals surface area contributed by atoms with Gasteiger partial charge in [-0.2, -0.15) is 5.10 Å². The minimum Gasteiger partial charge on any atom is -0.485 e. The first-order valence-electron chi connectivity index (χ1n) is 10.6. The molecule has 0 aliphatic carbocycles. The second kappa shape index (κ2) is 8.97. The lowest BCUT2D eigenvalue weighted by molar-refractivity contribution is 0.308. The van der Waals surface area contributed by atoms with Crippen molar-refractivity contribution < 1.29 is 4.74 Å². The molecule has 0 aliphatic heterocycles. The van der Waals surface area contributed by atoms with E-state index < -0.39 is 0 Å². The predicted octanol–water partition coefficient (Wildman–Crippen LogP) is 6.05. The Hall–Kier alpha value is -3.61. The minimum atomic E-state index is -0.216. The zero-order valence-corrected chi connectivity index (χ0v) is 20.0. The molecule has 34 heavy (non-hydrogen) atoms. The zero-order chi connectivity index (χ0) is 23.8. The zero-order valence-electron chi connectivity index (χ0n) is 18.5. The maximum Gasteiger partial charge on any atom is 0.267 e. The number of aromatic nitrogens is 4. The first-order valence-corrected chi connectivity index (χ1v) is 11.4. The summed E-state index contributed by atoms with van der Waals surface area (Å²) < 4.78 is 9.22. The Morgan fingerprint density at radius 2 is 1.74 bits per heavy atom. The van der Waals surface area contributed by atoms with Gasteiger partial charge in [-0.15, -0.1) is 0 Å². The molecule has 0 spiro atoms.